The van der Waals surface area contributed by atoms with Crippen LogP contribution in [0.25, 0.3) is 11.0 Å². The Bertz CT molecular complexity index is 610. The molecule has 0 saturated heterocycles. The van der Waals surface area contributed by atoms with Gasteiger partial charge in [0.25, 0.3) is 0 Å². The summed E-state index contributed by atoms with van der Waals surface area (Å²) in [5, 5.41) is -0.297. The van der Waals surface area contributed by atoms with Crippen LogP contribution in [0.3, 0.4) is 0 Å². The highest BCUT2D eigenvalue weighted by molar-refractivity contribution is 6.29. The molecular formula is C11H7ClF4N2. The van der Waals surface area contributed by atoms with Gasteiger partial charge in [-0.2, -0.15) is 13.2 Å². The summed E-state index contributed by atoms with van der Waals surface area (Å²) in [6.45, 7) is 1.57. The van der Waals surface area contributed by atoms with Gasteiger partial charge in [0.1, 0.15) is 5.69 Å². The normalized spacial score (nSPS) is 12.1. The summed E-state index contributed by atoms with van der Waals surface area (Å²) in [4.78, 5) is 6.94. The largest absolute Gasteiger partial charge is 0.433 e. The van der Waals surface area contributed by atoms with E-state index in [9.17, 15) is 17.6 Å². The minimum absolute atomic E-state index is 0.00137. The van der Waals surface area contributed by atoms with Crippen LogP contribution < -0.4 is 0 Å². The molecule has 2 heterocycles. The highest BCUT2D eigenvalue weighted by Gasteiger charge is 2.35. The second-order valence-corrected chi connectivity index (χ2v) is 4.01. The lowest BCUT2D eigenvalue weighted by Gasteiger charge is -2.11. The van der Waals surface area contributed by atoms with Crippen LogP contribution in [0, 0.1) is 5.82 Å². The maximum Gasteiger partial charge on any atom is 0.433 e. The predicted molar refractivity (Wildman–Crippen MR) is 58.9 cm³/mol. The van der Waals surface area contributed by atoms with E-state index in [-0.39, 0.29) is 23.0 Å². The molecule has 2 rings (SSSR count). The molecule has 2 aromatic rings. The van der Waals surface area contributed by atoms with E-state index in [0.29, 0.717) is 0 Å². The molecule has 96 valence electrons. The van der Waals surface area contributed by atoms with E-state index < -0.39 is 22.8 Å². The second-order valence-electron chi connectivity index (χ2n) is 3.66. The number of nitrogens with zero attached hydrogens (tertiary/aromatic N) is 2. The molecule has 0 saturated carbocycles. The lowest BCUT2D eigenvalue weighted by atomic mass is 10.1. The molecule has 7 heteroatoms. The Labute approximate surface area is 105 Å². The highest BCUT2D eigenvalue weighted by Crippen LogP contribution is 2.32. The Balaban J connectivity index is 2.77. The smallest absolute Gasteiger partial charge is 0.223 e. The third-order valence-corrected chi connectivity index (χ3v) is 2.71. The number of aromatic nitrogens is 2. The standard InChI is InChI=1S/C11H7ClF4N2/c1-2-5-3-6-4-7(13)9(12)18-10(6)17-8(5)11(14,15)16/h3-4H,2H2,1H3. The van der Waals surface area contributed by atoms with Crippen molar-refractivity contribution >= 4 is 22.6 Å². The van der Waals surface area contributed by atoms with E-state index in [1.807, 2.05) is 0 Å². The monoisotopic (exact) mass is 278 g/mol. The first kappa shape index (κ1) is 13.0. The molecule has 0 N–H and O–H groups in total. The molecule has 0 aliphatic rings. The lowest BCUT2D eigenvalue weighted by Crippen LogP contribution is -2.12. The average molecular weight is 279 g/mol. The van der Waals surface area contributed by atoms with E-state index in [4.69, 9.17) is 11.6 Å². The van der Waals surface area contributed by atoms with Gasteiger partial charge < -0.3 is 0 Å². The topological polar surface area (TPSA) is 25.8 Å². The van der Waals surface area contributed by atoms with Gasteiger partial charge in [-0.25, -0.2) is 14.4 Å². The van der Waals surface area contributed by atoms with Gasteiger partial charge in [-0.3, -0.25) is 0 Å². The van der Waals surface area contributed by atoms with Gasteiger partial charge in [-0.15, -0.1) is 0 Å². The molecule has 2 aromatic heterocycles. The maximum absolute atomic E-state index is 13.2. The van der Waals surface area contributed by atoms with Crippen LogP contribution in [0.15, 0.2) is 12.1 Å². The van der Waals surface area contributed by atoms with Crippen molar-refractivity contribution in [3.8, 4) is 0 Å². The molecule has 0 unspecified atom stereocenters. The number of hydrogen-bond donors (Lipinski definition) is 0. The van der Waals surface area contributed by atoms with Crippen molar-refractivity contribution < 1.29 is 17.6 Å². The molecule has 0 aromatic carbocycles. The van der Waals surface area contributed by atoms with E-state index >= 15 is 0 Å². The van der Waals surface area contributed by atoms with Gasteiger partial charge in [0.15, 0.2) is 16.6 Å². The number of rotatable bonds is 1. The number of aryl methyl sites for hydroxylation is 1. The molecular weight excluding hydrogens is 272 g/mol. The van der Waals surface area contributed by atoms with Gasteiger partial charge in [0.2, 0.25) is 0 Å². The summed E-state index contributed by atoms with van der Waals surface area (Å²) in [7, 11) is 0. The number of fused-ring (bicyclic) bond motifs is 1. The quantitative estimate of drug-likeness (QED) is 0.582. The molecule has 0 radical (unpaired) electrons. The van der Waals surface area contributed by atoms with E-state index in [1.165, 1.54) is 6.07 Å². The predicted octanol–water partition coefficient (Wildman–Crippen LogP) is 4.00. The fourth-order valence-electron chi connectivity index (χ4n) is 1.62. The summed E-state index contributed by atoms with van der Waals surface area (Å²) in [5.74, 6) is -0.784. The average Bonchev–Trinajstić information content (AvgIpc) is 2.28. The Morgan fingerprint density at radius 2 is 1.89 bits per heavy atom. The minimum Gasteiger partial charge on any atom is -0.223 e. The van der Waals surface area contributed by atoms with Crippen molar-refractivity contribution in [1.29, 1.82) is 0 Å². The molecule has 0 aliphatic carbocycles. The minimum atomic E-state index is -4.57. The fraction of sp³-hybridized carbons (Fsp3) is 0.273. The van der Waals surface area contributed by atoms with E-state index in [1.54, 1.807) is 6.92 Å². The Morgan fingerprint density at radius 1 is 1.22 bits per heavy atom. The number of hydrogen-bond acceptors (Lipinski definition) is 2. The SMILES string of the molecule is CCc1cc2cc(F)c(Cl)nc2nc1C(F)(F)F. The van der Waals surface area contributed by atoms with Crippen molar-refractivity contribution in [2.45, 2.75) is 19.5 Å². The van der Waals surface area contributed by atoms with Crippen molar-refractivity contribution in [2.75, 3.05) is 0 Å². The fourth-order valence-corrected chi connectivity index (χ4v) is 1.75. The van der Waals surface area contributed by atoms with Gasteiger partial charge in [-0.1, -0.05) is 18.5 Å². The molecule has 0 bridgehead atoms. The zero-order valence-electron chi connectivity index (χ0n) is 9.15. The summed E-state index contributed by atoms with van der Waals surface area (Å²) in [6.07, 6.45) is -4.43. The third-order valence-electron chi connectivity index (χ3n) is 2.44. The first-order chi connectivity index (χ1) is 8.32. The van der Waals surface area contributed by atoms with E-state index in [0.717, 1.165) is 6.07 Å². The molecule has 0 atom stereocenters. The first-order valence-electron chi connectivity index (χ1n) is 5.05. The molecule has 0 amide bonds. The van der Waals surface area contributed by atoms with Gasteiger partial charge in [-0.05, 0) is 24.1 Å². The number of alkyl halides is 3. The summed E-state index contributed by atoms with van der Waals surface area (Å²) in [6, 6.07) is 2.26. The van der Waals surface area contributed by atoms with Crippen molar-refractivity contribution in [2.24, 2.45) is 0 Å². The maximum atomic E-state index is 13.2. The van der Waals surface area contributed by atoms with Crippen LogP contribution in [0.1, 0.15) is 18.2 Å². The number of halogens is 5. The Kier molecular flexibility index (Phi) is 3.14. The first-order valence-corrected chi connectivity index (χ1v) is 5.43. The van der Waals surface area contributed by atoms with Crippen molar-refractivity contribution in [3.63, 3.8) is 0 Å². The van der Waals surface area contributed by atoms with Crippen LogP contribution in [0.4, 0.5) is 17.6 Å². The summed E-state index contributed by atoms with van der Waals surface area (Å²) in [5.41, 5.74) is -1.22. The summed E-state index contributed by atoms with van der Waals surface area (Å²) < 4.78 is 51.4. The highest BCUT2D eigenvalue weighted by atomic mass is 35.5. The third kappa shape index (κ3) is 2.25. The zero-order valence-corrected chi connectivity index (χ0v) is 9.90. The van der Waals surface area contributed by atoms with Crippen molar-refractivity contribution in [3.05, 3.63) is 34.4 Å². The Hall–Kier alpha value is -1.43. The molecule has 0 fully saturated rings. The molecule has 18 heavy (non-hydrogen) atoms. The van der Waals surface area contributed by atoms with Gasteiger partial charge >= 0.3 is 6.18 Å². The zero-order chi connectivity index (χ0) is 13.5. The van der Waals surface area contributed by atoms with Crippen LogP contribution in [0.5, 0.6) is 0 Å². The number of pyridine rings is 2. The Morgan fingerprint density at radius 3 is 2.44 bits per heavy atom. The van der Waals surface area contributed by atoms with Crippen LogP contribution in [0.2, 0.25) is 5.15 Å². The van der Waals surface area contributed by atoms with Gasteiger partial charge in [0.05, 0.1) is 0 Å². The van der Waals surface area contributed by atoms with Gasteiger partial charge in [0, 0.05) is 5.39 Å². The van der Waals surface area contributed by atoms with Crippen LogP contribution in [-0.2, 0) is 12.6 Å². The van der Waals surface area contributed by atoms with E-state index in [2.05, 4.69) is 9.97 Å². The molecule has 2 nitrogen and oxygen atoms in total. The van der Waals surface area contributed by atoms with Crippen LogP contribution in [-0.4, -0.2) is 9.97 Å². The summed E-state index contributed by atoms with van der Waals surface area (Å²) >= 11 is 5.42. The lowest BCUT2D eigenvalue weighted by molar-refractivity contribution is -0.141. The molecule has 0 aliphatic heterocycles. The molecule has 0 spiro atoms. The second kappa shape index (κ2) is 4.35. The van der Waals surface area contributed by atoms with Crippen LogP contribution >= 0.6 is 11.6 Å². The van der Waals surface area contributed by atoms with Crippen molar-refractivity contribution in [1.82, 2.24) is 9.97 Å².